The summed E-state index contributed by atoms with van der Waals surface area (Å²) in [5.74, 6) is 0.876. The maximum atomic E-state index is 10.7. The highest BCUT2D eigenvalue weighted by Gasteiger charge is 2.16. The Labute approximate surface area is 121 Å². The number of aliphatic carboxylic acids is 1. The third-order valence-electron chi connectivity index (χ3n) is 2.99. The van der Waals surface area contributed by atoms with E-state index in [9.17, 15) is 4.79 Å². The van der Waals surface area contributed by atoms with Crippen molar-refractivity contribution in [1.29, 1.82) is 0 Å². The minimum Gasteiger partial charge on any atom is -0.481 e. The van der Waals surface area contributed by atoms with Crippen LogP contribution >= 0.6 is 11.8 Å². The first-order chi connectivity index (χ1) is 9.58. The van der Waals surface area contributed by atoms with Gasteiger partial charge < -0.3 is 14.1 Å². The van der Waals surface area contributed by atoms with Crippen molar-refractivity contribution in [3.8, 4) is 0 Å². The summed E-state index contributed by atoms with van der Waals surface area (Å²) in [6.45, 7) is 3.95. The highest BCUT2D eigenvalue weighted by atomic mass is 32.2. The van der Waals surface area contributed by atoms with Gasteiger partial charge in [-0.05, 0) is 32.4 Å². The lowest BCUT2D eigenvalue weighted by Gasteiger charge is -2.16. The van der Waals surface area contributed by atoms with E-state index in [1.165, 1.54) is 11.8 Å². The number of hydrogen-bond donors (Lipinski definition) is 1. The van der Waals surface area contributed by atoms with Gasteiger partial charge >= 0.3 is 5.97 Å². The summed E-state index contributed by atoms with van der Waals surface area (Å²) in [6, 6.07) is 4.01. The van der Waals surface area contributed by atoms with Crippen LogP contribution in [0.1, 0.15) is 31.0 Å². The van der Waals surface area contributed by atoms with Gasteiger partial charge in [0.05, 0.1) is 12.0 Å². The molecule has 0 bridgehead atoms. The number of thioether (sulfide) groups is 1. The lowest BCUT2D eigenvalue weighted by atomic mass is 10.1. The van der Waals surface area contributed by atoms with Crippen LogP contribution in [0, 0.1) is 6.92 Å². The van der Waals surface area contributed by atoms with Crippen LogP contribution in [-0.2, 0) is 11.2 Å². The first kappa shape index (κ1) is 14.6. The van der Waals surface area contributed by atoms with Crippen molar-refractivity contribution >= 4 is 17.7 Å². The van der Waals surface area contributed by atoms with Gasteiger partial charge in [0.2, 0.25) is 0 Å². The van der Waals surface area contributed by atoms with Crippen LogP contribution in [0.4, 0.5) is 0 Å². The molecular weight excluding hydrogens is 278 g/mol. The van der Waals surface area contributed by atoms with Crippen molar-refractivity contribution in [2.75, 3.05) is 5.75 Å². The molecule has 1 N–H and O–H groups in total. The van der Waals surface area contributed by atoms with E-state index in [-0.39, 0.29) is 11.8 Å². The number of nitrogens with zero attached hydrogens (tertiary/aromatic N) is 3. The Morgan fingerprint density at radius 3 is 3.00 bits per heavy atom. The fourth-order valence-electron chi connectivity index (χ4n) is 2.02. The monoisotopic (exact) mass is 295 g/mol. The van der Waals surface area contributed by atoms with Crippen molar-refractivity contribution in [3.05, 3.63) is 30.0 Å². The minimum atomic E-state index is -0.856. The van der Waals surface area contributed by atoms with E-state index in [2.05, 4.69) is 17.1 Å². The van der Waals surface area contributed by atoms with Crippen LogP contribution in [0.5, 0.6) is 0 Å². The van der Waals surface area contributed by atoms with E-state index in [0.29, 0.717) is 5.16 Å². The number of carbonyl (C=O) groups is 1. The number of furan rings is 1. The van der Waals surface area contributed by atoms with Gasteiger partial charge in [-0.25, -0.2) is 0 Å². The first-order valence-electron chi connectivity index (χ1n) is 6.36. The lowest BCUT2D eigenvalue weighted by molar-refractivity contribution is -0.133. The number of aryl methyl sites for hydroxylation is 2. The molecule has 20 heavy (non-hydrogen) atoms. The molecule has 2 heterocycles. The van der Waals surface area contributed by atoms with Gasteiger partial charge in [-0.3, -0.25) is 4.79 Å². The van der Waals surface area contributed by atoms with Crippen molar-refractivity contribution in [1.82, 2.24) is 14.8 Å². The largest absolute Gasteiger partial charge is 0.481 e. The van der Waals surface area contributed by atoms with Crippen LogP contribution in [0.2, 0.25) is 0 Å². The lowest BCUT2D eigenvalue weighted by Crippen LogP contribution is -2.10. The summed E-state index contributed by atoms with van der Waals surface area (Å²) in [7, 11) is 0. The summed E-state index contributed by atoms with van der Waals surface area (Å²) in [5, 5.41) is 17.5. The van der Waals surface area contributed by atoms with E-state index in [0.717, 1.165) is 24.4 Å². The maximum Gasteiger partial charge on any atom is 0.313 e. The molecule has 0 aliphatic carbocycles. The van der Waals surface area contributed by atoms with Gasteiger partial charge in [0, 0.05) is 12.5 Å². The Bertz CT molecular complexity index is 565. The molecule has 6 nitrogen and oxygen atoms in total. The Balaban J connectivity index is 2.02. The number of carboxylic acids is 1. The molecule has 2 aromatic rings. The average Bonchev–Trinajstić information content (AvgIpc) is 3.03. The second-order valence-corrected chi connectivity index (χ2v) is 5.49. The fourth-order valence-corrected chi connectivity index (χ4v) is 2.82. The van der Waals surface area contributed by atoms with E-state index in [1.54, 1.807) is 6.26 Å². The van der Waals surface area contributed by atoms with Crippen LogP contribution in [0.15, 0.2) is 28.0 Å². The summed E-state index contributed by atoms with van der Waals surface area (Å²) in [5.41, 5.74) is 0. The molecule has 0 saturated heterocycles. The standard InChI is InChI=1S/C13H17N3O3S/c1-9(5-6-11-4-3-7-19-11)16-10(2)14-15-13(16)20-8-12(17)18/h3-4,7,9H,5-6,8H2,1-2H3,(H,17,18). The molecule has 0 aliphatic rings. The Morgan fingerprint density at radius 1 is 1.55 bits per heavy atom. The predicted octanol–water partition coefficient (Wildman–Crippen LogP) is 2.55. The zero-order valence-electron chi connectivity index (χ0n) is 11.4. The SMILES string of the molecule is Cc1nnc(SCC(=O)O)n1C(C)CCc1ccco1. The molecule has 0 amide bonds. The summed E-state index contributed by atoms with van der Waals surface area (Å²) in [4.78, 5) is 10.7. The summed E-state index contributed by atoms with van der Waals surface area (Å²) < 4.78 is 7.30. The van der Waals surface area contributed by atoms with Crippen LogP contribution in [-0.4, -0.2) is 31.6 Å². The number of aromatic nitrogens is 3. The molecule has 2 aromatic heterocycles. The van der Waals surface area contributed by atoms with Gasteiger partial charge in [-0.1, -0.05) is 11.8 Å². The summed E-state index contributed by atoms with van der Waals surface area (Å²) in [6.07, 6.45) is 3.38. The Hall–Kier alpha value is -1.76. The molecule has 0 radical (unpaired) electrons. The van der Waals surface area contributed by atoms with E-state index in [4.69, 9.17) is 9.52 Å². The molecule has 7 heteroatoms. The molecular formula is C13H17N3O3S. The van der Waals surface area contributed by atoms with E-state index in [1.807, 2.05) is 23.6 Å². The van der Waals surface area contributed by atoms with Crippen molar-refractivity contribution in [3.63, 3.8) is 0 Å². The normalized spacial score (nSPS) is 12.5. The van der Waals surface area contributed by atoms with Crippen molar-refractivity contribution in [2.24, 2.45) is 0 Å². The van der Waals surface area contributed by atoms with Gasteiger partial charge in [0.1, 0.15) is 11.6 Å². The Kier molecular flexibility index (Phi) is 4.84. The molecule has 2 rings (SSSR count). The van der Waals surface area contributed by atoms with Crippen molar-refractivity contribution < 1.29 is 14.3 Å². The second-order valence-electron chi connectivity index (χ2n) is 4.55. The smallest absolute Gasteiger partial charge is 0.313 e. The number of carboxylic acid groups (broad SMARTS) is 1. The quantitative estimate of drug-likeness (QED) is 0.791. The third kappa shape index (κ3) is 3.63. The molecule has 0 spiro atoms. The predicted molar refractivity (Wildman–Crippen MR) is 74.9 cm³/mol. The molecule has 108 valence electrons. The van der Waals surface area contributed by atoms with Gasteiger partial charge in [0.15, 0.2) is 5.16 Å². The van der Waals surface area contributed by atoms with E-state index < -0.39 is 5.97 Å². The third-order valence-corrected chi connectivity index (χ3v) is 3.92. The second kappa shape index (κ2) is 6.60. The molecule has 1 atom stereocenters. The van der Waals surface area contributed by atoms with Crippen LogP contribution in [0.25, 0.3) is 0 Å². The highest BCUT2D eigenvalue weighted by molar-refractivity contribution is 7.99. The fraction of sp³-hybridized carbons (Fsp3) is 0.462. The molecule has 0 aromatic carbocycles. The zero-order valence-corrected chi connectivity index (χ0v) is 12.3. The van der Waals surface area contributed by atoms with Gasteiger partial charge in [0.25, 0.3) is 0 Å². The maximum absolute atomic E-state index is 10.7. The highest BCUT2D eigenvalue weighted by Crippen LogP contribution is 2.24. The molecule has 0 aliphatic heterocycles. The van der Waals surface area contributed by atoms with Gasteiger partial charge in [-0.2, -0.15) is 0 Å². The molecule has 0 saturated carbocycles. The van der Waals surface area contributed by atoms with Crippen LogP contribution in [0.3, 0.4) is 0 Å². The first-order valence-corrected chi connectivity index (χ1v) is 7.35. The van der Waals surface area contributed by atoms with Crippen LogP contribution < -0.4 is 0 Å². The van der Waals surface area contributed by atoms with Gasteiger partial charge in [-0.15, -0.1) is 10.2 Å². The number of rotatable bonds is 7. The zero-order chi connectivity index (χ0) is 14.5. The summed E-state index contributed by atoms with van der Waals surface area (Å²) >= 11 is 1.19. The average molecular weight is 295 g/mol. The Morgan fingerprint density at radius 2 is 2.35 bits per heavy atom. The van der Waals surface area contributed by atoms with Crippen molar-refractivity contribution in [2.45, 2.75) is 37.9 Å². The molecule has 0 fully saturated rings. The van der Waals surface area contributed by atoms with E-state index >= 15 is 0 Å². The molecule has 1 unspecified atom stereocenters. The minimum absolute atomic E-state index is 0.0109. The number of hydrogen-bond acceptors (Lipinski definition) is 5. The topological polar surface area (TPSA) is 81.1 Å².